The van der Waals surface area contributed by atoms with Gasteiger partial charge in [0.25, 0.3) is 0 Å². The van der Waals surface area contributed by atoms with E-state index in [9.17, 15) is 4.79 Å². The highest BCUT2D eigenvalue weighted by molar-refractivity contribution is 7.07. The highest BCUT2D eigenvalue weighted by Crippen LogP contribution is 2.08. The fourth-order valence-corrected chi connectivity index (χ4v) is 2.10. The predicted molar refractivity (Wildman–Crippen MR) is 66.0 cm³/mol. The van der Waals surface area contributed by atoms with Crippen LogP contribution >= 0.6 is 11.3 Å². The maximum absolute atomic E-state index is 11.6. The van der Waals surface area contributed by atoms with Gasteiger partial charge in [0, 0.05) is 18.1 Å². The Hall–Kier alpha value is -1.88. The van der Waals surface area contributed by atoms with Gasteiger partial charge in [0.15, 0.2) is 4.80 Å². The summed E-state index contributed by atoms with van der Waals surface area (Å²) in [7, 11) is 0. The average Bonchev–Trinajstić information content (AvgIpc) is 2.77. The molecule has 1 heterocycles. The molecule has 0 saturated heterocycles. The smallest absolute Gasteiger partial charge is 0.409 e. The van der Waals surface area contributed by atoms with Crippen molar-refractivity contribution in [2.75, 3.05) is 0 Å². The summed E-state index contributed by atoms with van der Waals surface area (Å²) in [5, 5.41) is 1.89. The molecule has 2 aromatic rings. The summed E-state index contributed by atoms with van der Waals surface area (Å²) in [6.07, 6.45) is 1.29. The van der Waals surface area contributed by atoms with E-state index < -0.39 is 6.09 Å². The molecule has 1 amide bonds. The maximum atomic E-state index is 11.6. The highest BCUT2D eigenvalue weighted by atomic mass is 32.1. The Morgan fingerprint density at radius 2 is 2.18 bits per heavy atom. The number of hydrogen-bond donors (Lipinski definition) is 0. The molecule has 0 N–H and O–H groups in total. The molecule has 2 rings (SSSR count). The molecule has 0 saturated carbocycles. The number of carbonyl (C=O) groups is 1. The van der Waals surface area contributed by atoms with Crippen LogP contribution in [-0.2, 0) is 6.54 Å². The lowest BCUT2D eigenvalue weighted by atomic mass is 10.3. The van der Waals surface area contributed by atoms with Gasteiger partial charge in [-0.25, -0.2) is 4.79 Å². The molecule has 1 aromatic carbocycles. The van der Waals surface area contributed by atoms with Crippen LogP contribution in [0.25, 0.3) is 0 Å². The Bertz CT molecular complexity index is 557. The Labute approximate surface area is 103 Å². The standard InChI is InChI=1S/C12H12N2O2S/c1-2-14-8-9-17-11(14)13-12(15)16-10-6-4-3-5-7-10/h3-9H,2H2,1H3/b13-11-. The van der Waals surface area contributed by atoms with Crippen LogP contribution in [0.1, 0.15) is 6.92 Å². The Morgan fingerprint density at radius 1 is 1.41 bits per heavy atom. The maximum Gasteiger partial charge on any atom is 0.441 e. The molecule has 0 aliphatic heterocycles. The largest absolute Gasteiger partial charge is 0.441 e. The summed E-state index contributed by atoms with van der Waals surface area (Å²) >= 11 is 1.41. The number of aryl methyl sites for hydroxylation is 1. The van der Waals surface area contributed by atoms with E-state index >= 15 is 0 Å². The van der Waals surface area contributed by atoms with Crippen molar-refractivity contribution in [3.8, 4) is 5.75 Å². The van der Waals surface area contributed by atoms with Crippen LogP contribution in [0.4, 0.5) is 4.79 Å². The zero-order chi connectivity index (χ0) is 12.1. The molecule has 0 aliphatic carbocycles. The fraction of sp³-hybridized carbons (Fsp3) is 0.167. The molecule has 17 heavy (non-hydrogen) atoms. The zero-order valence-corrected chi connectivity index (χ0v) is 10.2. The molecule has 1 aromatic heterocycles. The molecular weight excluding hydrogens is 236 g/mol. The lowest BCUT2D eigenvalue weighted by molar-refractivity contribution is 0.210. The van der Waals surface area contributed by atoms with Crippen LogP contribution in [0.2, 0.25) is 0 Å². The first kappa shape index (κ1) is 11.6. The molecule has 0 bridgehead atoms. The first-order valence-electron chi connectivity index (χ1n) is 5.25. The van der Waals surface area contributed by atoms with E-state index in [1.165, 1.54) is 11.3 Å². The third-order valence-corrected chi connectivity index (χ3v) is 2.93. The summed E-state index contributed by atoms with van der Waals surface area (Å²) in [4.78, 5) is 16.1. The van der Waals surface area contributed by atoms with E-state index in [1.807, 2.05) is 29.1 Å². The van der Waals surface area contributed by atoms with Gasteiger partial charge in [0.2, 0.25) is 0 Å². The van der Waals surface area contributed by atoms with Crippen molar-refractivity contribution in [3.63, 3.8) is 0 Å². The van der Waals surface area contributed by atoms with Gasteiger partial charge in [0.1, 0.15) is 5.75 Å². The van der Waals surface area contributed by atoms with Crippen LogP contribution in [-0.4, -0.2) is 10.7 Å². The fourth-order valence-electron chi connectivity index (χ4n) is 1.32. The lowest BCUT2D eigenvalue weighted by Crippen LogP contribution is -2.16. The molecule has 0 aliphatic rings. The summed E-state index contributed by atoms with van der Waals surface area (Å²) in [6.45, 7) is 2.77. The number of carbonyl (C=O) groups excluding carboxylic acids is 1. The second kappa shape index (κ2) is 5.45. The molecular formula is C12H12N2O2S. The first-order chi connectivity index (χ1) is 8.29. The van der Waals surface area contributed by atoms with Crippen molar-refractivity contribution in [3.05, 3.63) is 46.7 Å². The topological polar surface area (TPSA) is 43.6 Å². The molecule has 0 radical (unpaired) electrons. The van der Waals surface area contributed by atoms with Gasteiger partial charge in [-0.15, -0.1) is 16.3 Å². The number of rotatable bonds is 2. The number of benzene rings is 1. The number of nitrogens with zero attached hydrogens (tertiary/aromatic N) is 2. The molecule has 0 fully saturated rings. The number of hydrogen-bond acceptors (Lipinski definition) is 3. The first-order valence-corrected chi connectivity index (χ1v) is 6.13. The van der Waals surface area contributed by atoms with Crippen LogP contribution in [0.3, 0.4) is 0 Å². The van der Waals surface area contributed by atoms with Crippen molar-refractivity contribution in [1.29, 1.82) is 0 Å². The van der Waals surface area contributed by atoms with Crippen molar-refractivity contribution in [2.45, 2.75) is 13.5 Å². The van der Waals surface area contributed by atoms with Gasteiger partial charge in [-0.2, -0.15) is 0 Å². The van der Waals surface area contributed by atoms with Crippen molar-refractivity contribution < 1.29 is 9.53 Å². The zero-order valence-electron chi connectivity index (χ0n) is 9.37. The number of para-hydroxylation sites is 1. The van der Waals surface area contributed by atoms with E-state index in [0.29, 0.717) is 10.6 Å². The minimum Gasteiger partial charge on any atom is -0.409 e. The average molecular weight is 248 g/mol. The lowest BCUT2D eigenvalue weighted by Gasteiger charge is -1.99. The second-order valence-corrected chi connectivity index (χ2v) is 4.14. The molecule has 0 unspecified atom stereocenters. The van der Waals surface area contributed by atoms with E-state index in [-0.39, 0.29) is 0 Å². The third kappa shape index (κ3) is 3.04. The Kier molecular flexibility index (Phi) is 3.72. The molecule has 0 spiro atoms. The second-order valence-electron chi connectivity index (χ2n) is 3.26. The van der Waals surface area contributed by atoms with Crippen LogP contribution in [0, 0.1) is 0 Å². The highest BCUT2D eigenvalue weighted by Gasteiger charge is 2.02. The third-order valence-electron chi connectivity index (χ3n) is 2.14. The monoisotopic (exact) mass is 248 g/mol. The van der Waals surface area contributed by atoms with Crippen LogP contribution < -0.4 is 9.54 Å². The molecule has 5 heteroatoms. The van der Waals surface area contributed by atoms with Gasteiger partial charge in [-0.3, -0.25) is 0 Å². The van der Waals surface area contributed by atoms with Gasteiger partial charge in [-0.1, -0.05) is 18.2 Å². The minimum absolute atomic E-state index is 0.501. The van der Waals surface area contributed by atoms with Crippen molar-refractivity contribution in [1.82, 2.24) is 4.57 Å². The normalized spacial score (nSPS) is 11.5. The van der Waals surface area contributed by atoms with E-state index in [2.05, 4.69) is 4.99 Å². The van der Waals surface area contributed by atoms with Crippen LogP contribution in [0.15, 0.2) is 46.9 Å². The SMILES string of the molecule is CCn1ccs/c1=N\C(=O)Oc1ccccc1. The number of thiazole rings is 1. The number of aromatic nitrogens is 1. The number of ether oxygens (including phenoxy) is 1. The van der Waals surface area contributed by atoms with Crippen LogP contribution in [0.5, 0.6) is 5.75 Å². The van der Waals surface area contributed by atoms with Gasteiger partial charge < -0.3 is 9.30 Å². The van der Waals surface area contributed by atoms with Gasteiger partial charge in [-0.05, 0) is 19.1 Å². The summed E-state index contributed by atoms with van der Waals surface area (Å²) < 4.78 is 6.96. The Morgan fingerprint density at radius 3 is 2.88 bits per heavy atom. The summed E-state index contributed by atoms with van der Waals surface area (Å²) in [5.74, 6) is 0.501. The van der Waals surface area contributed by atoms with E-state index in [4.69, 9.17) is 4.74 Å². The van der Waals surface area contributed by atoms with Crippen molar-refractivity contribution >= 4 is 17.4 Å². The quantitative estimate of drug-likeness (QED) is 0.820. The summed E-state index contributed by atoms with van der Waals surface area (Å²) in [6, 6.07) is 8.91. The van der Waals surface area contributed by atoms with Gasteiger partial charge in [0.05, 0.1) is 0 Å². The minimum atomic E-state index is -0.596. The molecule has 4 nitrogen and oxygen atoms in total. The summed E-state index contributed by atoms with van der Waals surface area (Å²) in [5.41, 5.74) is 0. The van der Waals surface area contributed by atoms with Gasteiger partial charge >= 0.3 is 6.09 Å². The molecule has 0 atom stereocenters. The predicted octanol–water partition coefficient (Wildman–Crippen LogP) is 2.67. The van der Waals surface area contributed by atoms with E-state index in [0.717, 1.165) is 6.54 Å². The van der Waals surface area contributed by atoms with E-state index in [1.54, 1.807) is 24.3 Å². The Balaban J connectivity index is 2.15. The number of amides is 1. The molecule has 88 valence electrons. The van der Waals surface area contributed by atoms with Crippen molar-refractivity contribution in [2.24, 2.45) is 4.99 Å².